The summed E-state index contributed by atoms with van der Waals surface area (Å²) in [5.74, 6) is 0.753. The van der Waals surface area contributed by atoms with Gasteiger partial charge in [-0.1, -0.05) is 13.8 Å². The highest BCUT2D eigenvalue weighted by molar-refractivity contribution is 5.44. The second kappa shape index (κ2) is 8.58. The molecule has 0 spiro atoms. The minimum Gasteiger partial charge on any atom is -0.341 e. The van der Waals surface area contributed by atoms with Crippen molar-refractivity contribution < 1.29 is 10.4 Å². The number of hydrogen-bond acceptors (Lipinski definition) is 8. The highest BCUT2D eigenvalue weighted by Gasteiger charge is 2.17. The molecular formula is C13H26N6O2. The average molecular weight is 298 g/mol. The molecule has 1 heterocycles. The molecule has 0 aromatic carbocycles. The number of aromatic nitrogens is 3. The van der Waals surface area contributed by atoms with Crippen LogP contribution in [-0.2, 0) is 0 Å². The van der Waals surface area contributed by atoms with Gasteiger partial charge in [0.05, 0.1) is 0 Å². The molecule has 0 bridgehead atoms. The third-order valence-corrected chi connectivity index (χ3v) is 2.98. The van der Waals surface area contributed by atoms with E-state index in [2.05, 4.69) is 15.0 Å². The van der Waals surface area contributed by atoms with Crippen LogP contribution in [0.25, 0.3) is 0 Å². The third kappa shape index (κ3) is 4.68. The largest absolute Gasteiger partial charge is 0.341 e. The maximum Gasteiger partial charge on any atom is 0.256 e. The minimum atomic E-state index is 0.152. The first-order valence-electron chi connectivity index (χ1n) is 7.51. The van der Waals surface area contributed by atoms with E-state index >= 15 is 0 Å². The van der Waals surface area contributed by atoms with Gasteiger partial charge in [-0.2, -0.15) is 15.0 Å². The SMILES string of the molecule is CCCN(O)c1nc(N(O)CCC)nc(N(CC)CC)n1. The first kappa shape index (κ1) is 17.4. The zero-order chi connectivity index (χ0) is 15.8. The van der Waals surface area contributed by atoms with Gasteiger partial charge in [0, 0.05) is 26.2 Å². The fourth-order valence-electron chi connectivity index (χ4n) is 1.85. The molecule has 0 unspecified atom stereocenters. The first-order valence-corrected chi connectivity index (χ1v) is 7.51. The molecule has 0 saturated heterocycles. The van der Waals surface area contributed by atoms with Crippen LogP contribution in [0, 0.1) is 0 Å². The minimum absolute atomic E-state index is 0.152. The van der Waals surface area contributed by atoms with Crippen LogP contribution < -0.4 is 15.0 Å². The third-order valence-electron chi connectivity index (χ3n) is 2.98. The molecule has 0 saturated carbocycles. The quantitative estimate of drug-likeness (QED) is 0.669. The van der Waals surface area contributed by atoms with Crippen molar-refractivity contribution in [1.82, 2.24) is 15.0 Å². The maximum atomic E-state index is 9.97. The van der Waals surface area contributed by atoms with Gasteiger partial charge in [-0.15, -0.1) is 0 Å². The van der Waals surface area contributed by atoms with E-state index in [1.807, 2.05) is 32.6 Å². The fourth-order valence-corrected chi connectivity index (χ4v) is 1.85. The molecular weight excluding hydrogens is 272 g/mol. The lowest BCUT2D eigenvalue weighted by Crippen LogP contribution is -2.30. The van der Waals surface area contributed by atoms with Gasteiger partial charge in [-0.05, 0) is 26.7 Å². The van der Waals surface area contributed by atoms with Gasteiger partial charge in [0.2, 0.25) is 5.95 Å². The summed E-state index contributed by atoms with van der Waals surface area (Å²) in [6, 6.07) is 0. The van der Waals surface area contributed by atoms with E-state index in [-0.39, 0.29) is 11.9 Å². The predicted molar refractivity (Wildman–Crippen MR) is 82.2 cm³/mol. The lowest BCUT2D eigenvalue weighted by molar-refractivity contribution is 0.238. The van der Waals surface area contributed by atoms with Crippen LogP contribution in [-0.4, -0.2) is 51.5 Å². The maximum absolute atomic E-state index is 9.97. The van der Waals surface area contributed by atoms with Crippen LogP contribution in [0.3, 0.4) is 0 Å². The van der Waals surface area contributed by atoms with Crippen molar-refractivity contribution in [3.8, 4) is 0 Å². The van der Waals surface area contributed by atoms with E-state index in [4.69, 9.17) is 0 Å². The van der Waals surface area contributed by atoms with Crippen molar-refractivity contribution >= 4 is 17.8 Å². The Kier molecular flexibility index (Phi) is 7.10. The monoisotopic (exact) mass is 298 g/mol. The summed E-state index contributed by atoms with van der Waals surface area (Å²) in [6.45, 7) is 10.2. The smallest absolute Gasteiger partial charge is 0.256 e. The summed E-state index contributed by atoms with van der Waals surface area (Å²) in [6.07, 6.45) is 1.52. The molecule has 0 aliphatic heterocycles. The Morgan fingerprint density at radius 2 is 1.10 bits per heavy atom. The molecule has 8 heteroatoms. The Morgan fingerprint density at radius 1 is 0.714 bits per heavy atom. The molecule has 0 atom stereocenters. The fraction of sp³-hybridized carbons (Fsp3) is 0.769. The van der Waals surface area contributed by atoms with Gasteiger partial charge >= 0.3 is 0 Å². The summed E-state index contributed by atoms with van der Waals surface area (Å²) in [7, 11) is 0. The van der Waals surface area contributed by atoms with E-state index in [0.717, 1.165) is 36.1 Å². The summed E-state index contributed by atoms with van der Waals surface area (Å²) >= 11 is 0. The number of hydrogen-bond donors (Lipinski definition) is 2. The Balaban J connectivity index is 3.18. The highest BCUT2D eigenvalue weighted by Crippen LogP contribution is 2.18. The Morgan fingerprint density at radius 3 is 1.43 bits per heavy atom. The summed E-state index contributed by atoms with van der Waals surface area (Å²) in [5.41, 5.74) is 0. The lowest BCUT2D eigenvalue weighted by atomic mass is 10.5. The molecule has 0 aliphatic carbocycles. The molecule has 1 rings (SSSR count). The summed E-state index contributed by atoms with van der Waals surface area (Å²) in [5, 5.41) is 21.9. The standard InChI is InChI=1S/C13H26N6O2/c1-5-9-18(20)12-14-11(17(7-3)8-4)15-13(16-12)19(21)10-6-2/h20-21H,5-10H2,1-4H3. The highest BCUT2D eigenvalue weighted by atomic mass is 16.5. The van der Waals surface area contributed by atoms with Gasteiger partial charge in [0.15, 0.2) is 0 Å². The summed E-state index contributed by atoms with van der Waals surface area (Å²) < 4.78 is 0. The van der Waals surface area contributed by atoms with Gasteiger partial charge in [-0.25, -0.2) is 10.1 Å². The van der Waals surface area contributed by atoms with E-state index in [1.54, 1.807) is 0 Å². The molecule has 1 aromatic heterocycles. The Labute approximate surface area is 126 Å². The number of rotatable bonds is 9. The van der Waals surface area contributed by atoms with Crippen molar-refractivity contribution in [2.75, 3.05) is 41.2 Å². The van der Waals surface area contributed by atoms with Crippen molar-refractivity contribution in [3.63, 3.8) is 0 Å². The molecule has 0 fully saturated rings. The van der Waals surface area contributed by atoms with Gasteiger partial charge in [0.25, 0.3) is 11.9 Å². The van der Waals surface area contributed by atoms with Crippen LogP contribution >= 0.6 is 0 Å². The van der Waals surface area contributed by atoms with Crippen molar-refractivity contribution in [1.29, 1.82) is 0 Å². The predicted octanol–water partition coefficient (Wildman–Crippen LogP) is 1.93. The average Bonchev–Trinajstić information content (AvgIpc) is 2.48. The van der Waals surface area contributed by atoms with Crippen LogP contribution in [0.1, 0.15) is 40.5 Å². The molecule has 8 nitrogen and oxygen atoms in total. The van der Waals surface area contributed by atoms with Crippen LogP contribution in [0.4, 0.5) is 17.8 Å². The number of hydroxylamine groups is 2. The lowest BCUT2D eigenvalue weighted by Gasteiger charge is -2.23. The zero-order valence-corrected chi connectivity index (χ0v) is 13.3. The summed E-state index contributed by atoms with van der Waals surface area (Å²) in [4.78, 5) is 14.6. The molecule has 0 radical (unpaired) electrons. The van der Waals surface area contributed by atoms with Crippen LogP contribution in [0.2, 0.25) is 0 Å². The molecule has 0 amide bonds. The van der Waals surface area contributed by atoms with Crippen molar-refractivity contribution in [3.05, 3.63) is 0 Å². The second-order valence-corrected chi connectivity index (χ2v) is 4.65. The first-order chi connectivity index (χ1) is 10.1. The Hall–Kier alpha value is -1.67. The number of nitrogens with zero attached hydrogens (tertiary/aromatic N) is 6. The van der Waals surface area contributed by atoms with E-state index in [9.17, 15) is 10.4 Å². The number of anilines is 3. The van der Waals surface area contributed by atoms with E-state index in [0.29, 0.717) is 19.0 Å². The van der Waals surface area contributed by atoms with E-state index < -0.39 is 0 Å². The second-order valence-electron chi connectivity index (χ2n) is 4.65. The van der Waals surface area contributed by atoms with Crippen molar-refractivity contribution in [2.45, 2.75) is 40.5 Å². The van der Waals surface area contributed by atoms with E-state index in [1.165, 1.54) is 0 Å². The zero-order valence-electron chi connectivity index (χ0n) is 13.3. The van der Waals surface area contributed by atoms with Crippen LogP contribution in [0.5, 0.6) is 0 Å². The Bertz CT molecular complexity index is 397. The normalized spacial score (nSPS) is 10.6. The molecule has 120 valence electrons. The van der Waals surface area contributed by atoms with Gasteiger partial charge in [-0.3, -0.25) is 10.4 Å². The van der Waals surface area contributed by atoms with Gasteiger partial charge < -0.3 is 4.90 Å². The van der Waals surface area contributed by atoms with Crippen molar-refractivity contribution in [2.24, 2.45) is 0 Å². The molecule has 1 aromatic rings. The van der Waals surface area contributed by atoms with Gasteiger partial charge in [0.1, 0.15) is 0 Å². The molecule has 21 heavy (non-hydrogen) atoms. The molecule has 0 aliphatic rings. The topological polar surface area (TPSA) is 88.8 Å². The van der Waals surface area contributed by atoms with Crippen LogP contribution in [0.15, 0.2) is 0 Å². The molecule has 2 N–H and O–H groups in total.